The summed E-state index contributed by atoms with van der Waals surface area (Å²) in [7, 11) is 1.85. The number of nitrogens with zero attached hydrogens (tertiary/aromatic N) is 4. The van der Waals surface area contributed by atoms with Gasteiger partial charge in [0.2, 0.25) is 0 Å². The van der Waals surface area contributed by atoms with Gasteiger partial charge >= 0.3 is 0 Å². The lowest BCUT2D eigenvalue weighted by atomic mass is 10.6. The van der Waals surface area contributed by atoms with Crippen molar-refractivity contribution in [3.8, 4) is 0 Å². The molecule has 0 radical (unpaired) electrons. The number of hydrogen-bond acceptors (Lipinski definition) is 4. The Bertz CT molecular complexity index is 368. The fourth-order valence-electron chi connectivity index (χ4n) is 1.34. The number of guanidine groups is 1. The topological polar surface area (TPSA) is 76.4 Å². The predicted octanol–water partition coefficient (Wildman–Crippen LogP) is 0.525. The van der Waals surface area contributed by atoms with E-state index in [0.29, 0.717) is 13.2 Å². The minimum absolute atomic E-state index is 0. The molecule has 0 unspecified atom stereocenters. The first-order valence-electron chi connectivity index (χ1n) is 6.20. The average Bonchev–Trinajstić information content (AvgIpc) is 2.77. The van der Waals surface area contributed by atoms with Crippen molar-refractivity contribution < 1.29 is 4.74 Å². The first kappa shape index (κ1) is 18.1. The maximum atomic E-state index is 5.26. The Labute approximate surface area is 131 Å². The zero-order valence-corrected chi connectivity index (χ0v) is 14.0. The molecule has 0 fully saturated rings. The second-order valence-electron chi connectivity index (χ2n) is 3.62. The third-order valence-corrected chi connectivity index (χ3v) is 2.27. The minimum Gasteiger partial charge on any atom is -0.380 e. The van der Waals surface area contributed by atoms with Crippen LogP contribution in [0, 0.1) is 0 Å². The van der Waals surface area contributed by atoms with Crippen molar-refractivity contribution in [1.82, 2.24) is 25.4 Å². The van der Waals surface area contributed by atoms with Gasteiger partial charge in [-0.15, -0.1) is 24.0 Å². The average molecular weight is 382 g/mol. The molecule has 1 aromatic heterocycles. The predicted molar refractivity (Wildman–Crippen MR) is 85.7 cm³/mol. The summed E-state index contributed by atoms with van der Waals surface area (Å²) in [5.41, 5.74) is 0. The van der Waals surface area contributed by atoms with Crippen molar-refractivity contribution in [3.05, 3.63) is 12.2 Å². The van der Waals surface area contributed by atoms with Gasteiger partial charge in [-0.05, 0) is 13.8 Å². The molecule has 0 aliphatic carbocycles. The molecule has 0 saturated heterocycles. The van der Waals surface area contributed by atoms with E-state index in [0.717, 1.165) is 31.5 Å². The highest BCUT2D eigenvalue weighted by Gasteiger charge is 2.00. The lowest BCUT2D eigenvalue weighted by molar-refractivity contribution is 0.152. The molecule has 0 bridgehead atoms. The maximum absolute atomic E-state index is 5.26. The van der Waals surface area contributed by atoms with E-state index in [9.17, 15) is 0 Å². The van der Waals surface area contributed by atoms with Gasteiger partial charge in [0.05, 0.1) is 6.61 Å². The number of halogens is 1. The van der Waals surface area contributed by atoms with Gasteiger partial charge in [-0.1, -0.05) is 0 Å². The molecule has 1 heterocycles. The van der Waals surface area contributed by atoms with Gasteiger partial charge in [-0.2, -0.15) is 5.10 Å². The van der Waals surface area contributed by atoms with Crippen molar-refractivity contribution in [2.75, 3.05) is 26.3 Å². The highest BCUT2D eigenvalue weighted by Crippen LogP contribution is 1.92. The van der Waals surface area contributed by atoms with Crippen LogP contribution in [0.15, 0.2) is 11.3 Å². The van der Waals surface area contributed by atoms with E-state index in [2.05, 4.69) is 25.7 Å². The van der Waals surface area contributed by atoms with E-state index >= 15 is 0 Å². The first-order valence-corrected chi connectivity index (χ1v) is 6.20. The van der Waals surface area contributed by atoms with E-state index in [-0.39, 0.29) is 24.0 Å². The van der Waals surface area contributed by atoms with E-state index in [1.54, 1.807) is 4.68 Å². The van der Waals surface area contributed by atoms with Gasteiger partial charge in [-0.3, -0.25) is 4.68 Å². The normalized spacial score (nSPS) is 11.0. The molecule has 8 heteroatoms. The molecule has 7 nitrogen and oxygen atoms in total. The van der Waals surface area contributed by atoms with Gasteiger partial charge in [-0.25, -0.2) is 9.98 Å². The lowest BCUT2D eigenvalue weighted by Gasteiger charge is -2.10. The second kappa shape index (κ2) is 11.0. The van der Waals surface area contributed by atoms with Crippen molar-refractivity contribution in [3.63, 3.8) is 0 Å². The molecule has 0 atom stereocenters. The largest absolute Gasteiger partial charge is 0.380 e. The summed E-state index contributed by atoms with van der Waals surface area (Å²) in [6.45, 7) is 7.47. The second-order valence-corrected chi connectivity index (χ2v) is 3.62. The first-order chi connectivity index (χ1) is 8.77. The molecule has 0 aromatic carbocycles. The number of ether oxygens (including phenoxy) is 1. The van der Waals surface area contributed by atoms with Crippen molar-refractivity contribution in [2.24, 2.45) is 12.0 Å². The van der Waals surface area contributed by atoms with Crippen molar-refractivity contribution in [1.29, 1.82) is 0 Å². The zero-order chi connectivity index (χ0) is 13.2. The third-order valence-electron chi connectivity index (χ3n) is 2.27. The Morgan fingerprint density at radius 3 is 2.79 bits per heavy atom. The molecule has 1 rings (SSSR count). The summed E-state index contributed by atoms with van der Waals surface area (Å²) < 4.78 is 6.98. The Kier molecular flexibility index (Phi) is 10.5. The molecule has 0 spiro atoms. The molecule has 0 aliphatic heterocycles. The molecule has 0 amide bonds. The smallest absolute Gasteiger partial charge is 0.191 e. The van der Waals surface area contributed by atoms with Crippen LogP contribution < -0.4 is 10.6 Å². The van der Waals surface area contributed by atoms with Gasteiger partial charge in [0.15, 0.2) is 5.96 Å². The van der Waals surface area contributed by atoms with Crippen LogP contribution in [0.5, 0.6) is 0 Å². The highest BCUT2D eigenvalue weighted by atomic mass is 127. The number of nitrogens with one attached hydrogen (secondary N) is 2. The minimum atomic E-state index is 0. The van der Waals surface area contributed by atoms with E-state index in [4.69, 9.17) is 4.74 Å². The van der Waals surface area contributed by atoms with E-state index in [1.807, 2.05) is 20.9 Å². The molecule has 0 saturated carbocycles. The third kappa shape index (κ3) is 7.31. The maximum Gasteiger partial charge on any atom is 0.191 e. The summed E-state index contributed by atoms with van der Waals surface area (Å²) in [6, 6.07) is 0. The molecule has 0 aliphatic rings. The zero-order valence-electron chi connectivity index (χ0n) is 11.7. The van der Waals surface area contributed by atoms with Crippen molar-refractivity contribution >= 4 is 29.9 Å². The number of aliphatic imine (C=N–C) groups is 1. The van der Waals surface area contributed by atoms with Crippen LogP contribution in [0.2, 0.25) is 0 Å². The number of hydrogen-bond donors (Lipinski definition) is 2. The van der Waals surface area contributed by atoms with Crippen LogP contribution in [-0.4, -0.2) is 47.0 Å². The summed E-state index contributed by atoms with van der Waals surface area (Å²) in [6.07, 6.45) is 1.53. The molecule has 2 N–H and O–H groups in total. The SMILES string of the molecule is CCNC(=NCc1ncnn1C)NCCOCC.I. The van der Waals surface area contributed by atoms with Crippen LogP contribution >= 0.6 is 24.0 Å². The van der Waals surface area contributed by atoms with E-state index < -0.39 is 0 Å². The molecule has 1 aromatic rings. The van der Waals surface area contributed by atoms with Crippen LogP contribution in [-0.2, 0) is 18.3 Å². The standard InChI is InChI=1S/C11H22N6O.HI/c1-4-12-11(13-6-7-18-5-2)14-8-10-15-9-16-17(10)3;/h9H,4-8H2,1-3H3,(H2,12,13,14);1H. The summed E-state index contributed by atoms with van der Waals surface area (Å²) in [4.78, 5) is 8.55. The number of rotatable bonds is 7. The number of aromatic nitrogens is 3. The molecule has 110 valence electrons. The Morgan fingerprint density at radius 2 is 2.21 bits per heavy atom. The summed E-state index contributed by atoms with van der Waals surface area (Å²) >= 11 is 0. The fraction of sp³-hybridized carbons (Fsp3) is 0.727. The van der Waals surface area contributed by atoms with Crippen LogP contribution in [0.3, 0.4) is 0 Å². The summed E-state index contributed by atoms with van der Waals surface area (Å²) in [5.74, 6) is 1.59. The molecule has 19 heavy (non-hydrogen) atoms. The Balaban J connectivity index is 0.00000324. The van der Waals surface area contributed by atoms with Crippen molar-refractivity contribution in [2.45, 2.75) is 20.4 Å². The lowest BCUT2D eigenvalue weighted by Crippen LogP contribution is -2.39. The quantitative estimate of drug-likeness (QED) is 0.311. The summed E-state index contributed by atoms with van der Waals surface area (Å²) in [5, 5.41) is 10.4. The molecular weight excluding hydrogens is 359 g/mol. The van der Waals surface area contributed by atoms with Gasteiger partial charge in [0, 0.05) is 26.7 Å². The van der Waals surface area contributed by atoms with Crippen LogP contribution in [0.25, 0.3) is 0 Å². The van der Waals surface area contributed by atoms with Crippen LogP contribution in [0.4, 0.5) is 0 Å². The van der Waals surface area contributed by atoms with E-state index in [1.165, 1.54) is 6.33 Å². The van der Waals surface area contributed by atoms with Gasteiger partial charge < -0.3 is 15.4 Å². The Morgan fingerprint density at radius 1 is 1.42 bits per heavy atom. The van der Waals surface area contributed by atoms with Gasteiger partial charge in [0.25, 0.3) is 0 Å². The highest BCUT2D eigenvalue weighted by molar-refractivity contribution is 14.0. The molecular formula is C11H23IN6O. The monoisotopic (exact) mass is 382 g/mol. The van der Waals surface area contributed by atoms with Gasteiger partial charge in [0.1, 0.15) is 18.7 Å². The Hall–Kier alpha value is -0.900. The fourth-order valence-corrected chi connectivity index (χ4v) is 1.34. The van der Waals surface area contributed by atoms with Crippen LogP contribution in [0.1, 0.15) is 19.7 Å². The number of aryl methyl sites for hydroxylation is 1.